The van der Waals surface area contributed by atoms with E-state index in [1.54, 1.807) is 17.3 Å². The molecule has 0 saturated carbocycles. The standard InChI is InChI=1S/C20H28N4O4.C5H5N.C2H6/c25-17(21-9-7-19(27)28)12-18(26)24-10-2-3-14(13-24)11-16-6-5-15-4-1-8-22-20(15)23-16;1-2-4-6-5-3-1;1-2/h5-6,14H,1-4,7-13H2,(H,21,25)(H,22,23)(H,27,28);1-5H;1-2H3. The van der Waals surface area contributed by atoms with Gasteiger partial charge in [0, 0.05) is 44.3 Å². The Morgan fingerprint density at radius 2 is 1.92 bits per heavy atom. The van der Waals surface area contributed by atoms with Gasteiger partial charge in [0.05, 0.1) is 6.42 Å². The van der Waals surface area contributed by atoms with Crippen LogP contribution in [0.2, 0.25) is 0 Å². The number of likely N-dealkylation sites (tertiary alicyclic amines) is 1. The number of carboxylic acids is 1. The molecule has 4 heterocycles. The van der Waals surface area contributed by atoms with E-state index in [9.17, 15) is 14.4 Å². The van der Waals surface area contributed by atoms with Gasteiger partial charge in [-0.3, -0.25) is 19.4 Å². The van der Waals surface area contributed by atoms with Crippen molar-refractivity contribution in [2.24, 2.45) is 5.92 Å². The van der Waals surface area contributed by atoms with Crippen molar-refractivity contribution in [1.29, 1.82) is 0 Å². The smallest absolute Gasteiger partial charge is 0.305 e. The highest BCUT2D eigenvalue weighted by Gasteiger charge is 2.25. The van der Waals surface area contributed by atoms with E-state index in [0.717, 1.165) is 50.2 Å². The topological polar surface area (TPSA) is 125 Å². The Morgan fingerprint density at radius 1 is 1.14 bits per heavy atom. The lowest BCUT2D eigenvalue weighted by atomic mass is 9.92. The number of nitrogens with one attached hydrogen (secondary N) is 2. The average molecular weight is 498 g/mol. The Hall–Kier alpha value is -3.49. The average Bonchev–Trinajstić information content (AvgIpc) is 2.91. The van der Waals surface area contributed by atoms with Gasteiger partial charge in [0.15, 0.2) is 0 Å². The van der Waals surface area contributed by atoms with Crippen LogP contribution in [0, 0.1) is 5.92 Å². The van der Waals surface area contributed by atoms with Crippen molar-refractivity contribution in [3.8, 4) is 0 Å². The van der Waals surface area contributed by atoms with Crippen molar-refractivity contribution in [2.75, 3.05) is 31.5 Å². The number of amides is 2. The van der Waals surface area contributed by atoms with E-state index in [2.05, 4.69) is 27.8 Å². The number of aliphatic carboxylic acids is 1. The molecule has 36 heavy (non-hydrogen) atoms. The molecule has 1 unspecified atom stereocenters. The lowest BCUT2D eigenvalue weighted by Gasteiger charge is -2.33. The minimum absolute atomic E-state index is 0.0438. The molecule has 0 spiro atoms. The number of carbonyl (C=O) groups excluding carboxylic acids is 2. The number of piperidine rings is 1. The number of carboxylic acid groups (broad SMARTS) is 1. The summed E-state index contributed by atoms with van der Waals surface area (Å²) in [7, 11) is 0. The van der Waals surface area contributed by atoms with E-state index < -0.39 is 11.9 Å². The van der Waals surface area contributed by atoms with Gasteiger partial charge in [-0.25, -0.2) is 4.98 Å². The van der Waals surface area contributed by atoms with Gasteiger partial charge in [0.2, 0.25) is 11.8 Å². The van der Waals surface area contributed by atoms with Gasteiger partial charge >= 0.3 is 5.97 Å². The molecule has 1 atom stereocenters. The molecule has 0 aromatic carbocycles. The third kappa shape index (κ3) is 10.4. The molecule has 2 aliphatic rings. The van der Waals surface area contributed by atoms with Crippen LogP contribution in [0.4, 0.5) is 5.82 Å². The number of aryl methyl sites for hydroxylation is 1. The van der Waals surface area contributed by atoms with Crippen LogP contribution in [-0.2, 0) is 27.2 Å². The fraction of sp³-hybridized carbons (Fsp3) is 0.519. The maximum absolute atomic E-state index is 12.4. The van der Waals surface area contributed by atoms with Gasteiger partial charge < -0.3 is 20.6 Å². The highest BCUT2D eigenvalue weighted by Crippen LogP contribution is 2.24. The lowest BCUT2D eigenvalue weighted by Crippen LogP contribution is -2.42. The minimum atomic E-state index is -0.975. The van der Waals surface area contributed by atoms with Crippen molar-refractivity contribution in [1.82, 2.24) is 20.2 Å². The summed E-state index contributed by atoms with van der Waals surface area (Å²) in [6.45, 7) is 6.30. The van der Waals surface area contributed by atoms with Crippen LogP contribution in [0.3, 0.4) is 0 Å². The Bertz CT molecular complexity index is 928. The van der Waals surface area contributed by atoms with Crippen LogP contribution in [0.25, 0.3) is 0 Å². The molecule has 3 N–H and O–H groups in total. The molecule has 2 aliphatic heterocycles. The van der Waals surface area contributed by atoms with Gasteiger partial charge in [0.25, 0.3) is 0 Å². The third-order valence-electron chi connectivity index (χ3n) is 5.86. The number of carbonyl (C=O) groups is 3. The first kappa shape index (κ1) is 28.7. The van der Waals surface area contributed by atoms with E-state index in [1.165, 1.54) is 5.56 Å². The fourth-order valence-electron chi connectivity index (χ4n) is 4.17. The monoisotopic (exact) mass is 497 g/mol. The summed E-state index contributed by atoms with van der Waals surface area (Å²) in [5.74, 6) is -0.266. The molecule has 1 fully saturated rings. The van der Waals surface area contributed by atoms with Gasteiger partial charge in [-0.1, -0.05) is 26.0 Å². The van der Waals surface area contributed by atoms with Crippen molar-refractivity contribution >= 4 is 23.6 Å². The van der Waals surface area contributed by atoms with E-state index in [0.29, 0.717) is 19.0 Å². The lowest BCUT2D eigenvalue weighted by molar-refractivity contribution is -0.137. The summed E-state index contributed by atoms with van der Waals surface area (Å²) in [6.07, 6.45) is 8.11. The Labute approximate surface area is 213 Å². The van der Waals surface area contributed by atoms with Crippen molar-refractivity contribution < 1.29 is 19.5 Å². The minimum Gasteiger partial charge on any atom is -0.481 e. The number of rotatable bonds is 7. The summed E-state index contributed by atoms with van der Waals surface area (Å²) < 4.78 is 0. The predicted octanol–water partition coefficient (Wildman–Crippen LogP) is 3.31. The summed E-state index contributed by atoms with van der Waals surface area (Å²) >= 11 is 0. The Balaban J connectivity index is 0.000000491. The van der Waals surface area contributed by atoms with Gasteiger partial charge in [-0.2, -0.15) is 0 Å². The molecule has 0 bridgehead atoms. The number of nitrogens with zero attached hydrogens (tertiary/aromatic N) is 3. The quantitative estimate of drug-likeness (QED) is 0.501. The van der Waals surface area contributed by atoms with Crippen LogP contribution in [0.5, 0.6) is 0 Å². The van der Waals surface area contributed by atoms with E-state index in [4.69, 9.17) is 10.1 Å². The molecule has 196 valence electrons. The third-order valence-corrected chi connectivity index (χ3v) is 5.86. The molecule has 0 aliphatic carbocycles. The molecular formula is C27H39N5O4. The number of hydrogen-bond acceptors (Lipinski definition) is 6. The maximum Gasteiger partial charge on any atom is 0.305 e. The molecule has 9 heteroatoms. The number of anilines is 1. The summed E-state index contributed by atoms with van der Waals surface area (Å²) in [6, 6.07) is 9.95. The van der Waals surface area contributed by atoms with Gasteiger partial charge in [-0.15, -0.1) is 0 Å². The molecule has 2 amide bonds. The zero-order valence-electron chi connectivity index (χ0n) is 21.4. The van der Waals surface area contributed by atoms with Crippen LogP contribution in [0.1, 0.15) is 57.2 Å². The zero-order valence-corrected chi connectivity index (χ0v) is 21.4. The summed E-state index contributed by atoms with van der Waals surface area (Å²) in [5, 5.41) is 14.4. The normalized spacial score (nSPS) is 16.1. The number of hydrogen-bond donors (Lipinski definition) is 3. The predicted molar refractivity (Wildman–Crippen MR) is 140 cm³/mol. The molecule has 9 nitrogen and oxygen atoms in total. The largest absolute Gasteiger partial charge is 0.481 e. The van der Waals surface area contributed by atoms with Crippen molar-refractivity contribution in [2.45, 2.75) is 58.8 Å². The second-order valence-corrected chi connectivity index (χ2v) is 8.59. The van der Waals surface area contributed by atoms with Gasteiger partial charge in [-0.05, 0) is 61.8 Å². The first-order valence-electron chi connectivity index (χ1n) is 12.8. The van der Waals surface area contributed by atoms with Crippen LogP contribution < -0.4 is 10.6 Å². The zero-order chi connectivity index (χ0) is 26.2. The van der Waals surface area contributed by atoms with Crippen LogP contribution in [-0.4, -0.2) is 63.9 Å². The summed E-state index contributed by atoms with van der Waals surface area (Å²) in [4.78, 5) is 45.0. The van der Waals surface area contributed by atoms with Gasteiger partial charge in [0.1, 0.15) is 12.2 Å². The molecule has 2 aromatic rings. The SMILES string of the molecule is CC.O=C(O)CCNC(=O)CC(=O)N1CCCC(Cc2ccc3c(n2)NCCC3)C1.c1ccncc1. The molecule has 2 aromatic heterocycles. The van der Waals surface area contributed by atoms with E-state index in [1.807, 2.05) is 32.0 Å². The van der Waals surface area contributed by atoms with E-state index >= 15 is 0 Å². The van der Waals surface area contributed by atoms with Crippen LogP contribution in [0.15, 0.2) is 42.7 Å². The first-order chi connectivity index (χ1) is 17.5. The molecule has 0 radical (unpaired) electrons. The maximum atomic E-state index is 12.4. The van der Waals surface area contributed by atoms with Crippen molar-refractivity contribution in [3.63, 3.8) is 0 Å². The number of pyridine rings is 2. The molecule has 4 rings (SSSR count). The highest BCUT2D eigenvalue weighted by molar-refractivity contribution is 5.97. The highest BCUT2D eigenvalue weighted by atomic mass is 16.4. The van der Waals surface area contributed by atoms with Crippen LogP contribution >= 0.6 is 0 Å². The second kappa shape index (κ2) is 16.2. The Kier molecular flexibility index (Phi) is 13.0. The molecular weight excluding hydrogens is 458 g/mol. The van der Waals surface area contributed by atoms with Crippen molar-refractivity contribution in [3.05, 3.63) is 54.0 Å². The first-order valence-corrected chi connectivity index (χ1v) is 12.8. The fourth-order valence-corrected chi connectivity index (χ4v) is 4.17. The Morgan fingerprint density at radius 3 is 2.58 bits per heavy atom. The molecule has 1 saturated heterocycles. The summed E-state index contributed by atoms with van der Waals surface area (Å²) in [5.41, 5.74) is 2.31. The van der Waals surface area contributed by atoms with E-state index in [-0.39, 0.29) is 25.3 Å². The number of fused-ring (bicyclic) bond motifs is 1. The second-order valence-electron chi connectivity index (χ2n) is 8.59. The number of aromatic nitrogens is 2.